The fourth-order valence-corrected chi connectivity index (χ4v) is 0.348. The first-order chi connectivity index (χ1) is 3.31. The summed E-state index contributed by atoms with van der Waals surface area (Å²) in [5.41, 5.74) is 0. The summed E-state index contributed by atoms with van der Waals surface area (Å²) >= 11 is 0. The molecule has 1 radical (unpaired) electrons. The van der Waals surface area contributed by atoms with Crippen molar-refractivity contribution in [2.24, 2.45) is 0 Å². The van der Waals surface area contributed by atoms with Gasteiger partial charge in [0.05, 0.1) is 6.04 Å². The number of hydrogen-bond acceptors (Lipinski definition) is 2. The van der Waals surface area contributed by atoms with Crippen LogP contribution in [0.15, 0.2) is 0 Å². The van der Waals surface area contributed by atoms with Gasteiger partial charge in [0.15, 0.2) is 0 Å². The summed E-state index contributed by atoms with van der Waals surface area (Å²) in [4.78, 5) is 9.71. The predicted molar refractivity (Wildman–Crippen MR) is 28.8 cm³/mol. The molecule has 41 valence electrons. The Morgan fingerprint density at radius 3 is 2.57 bits per heavy atom. The lowest BCUT2D eigenvalue weighted by Crippen LogP contribution is -2.26. The Balaban J connectivity index is 2.98. The highest BCUT2D eigenvalue weighted by atomic mass is 16.1. The van der Waals surface area contributed by atoms with Crippen molar-refractivity contribution >= 4 is 6.29 Å². The average molecular weight is 100 g/mol. The second kappa shape index (κ2) is 3.81. The summed E-state index contributed by atoms with van der Waals surface area (Å²) in [6.07, 6.45) is 1.80. The third kappa shape index (κ3) is 3.46. The molecule has 0 saturated carbocycles. The summed E-state index contributed by atoms with van der Waals surface area (Å²) in [5.74, 6) is 0. The molecule has 1 atom stereocenters. The minimum atomic E-state index is -0.106. The molecule has 0 aliphatic heterocycles. The van der Waals surface area contributed by atoms with Crippen molar-refractivity contribution in [3.05, 3.63) is 0 Å². The van der Waals surface area contributed by atoms with Crippen LogP contribution in [0, 0.1) is 0 Å². The molecule has 2 heteroatoms. The van der Waals surface area contributed by atoms with Crippen LogP contribution in [-0.4, -0.2) is 18.9 Å². The first-order valence-electron chi connectivity index (χ1n) is 2.42. The van der Waals surface area contributed by atoms with Crippen LogP contribution in [0.2, 0.25) is 0 Å². The molecule has 1 unspecified atom stereocenters. The van der Waals surface area contributed by atoms with Crippen LogP contribution < -0.4 is 5.32 Å². The third-order valence-electron chi connectivity index (χ3n) is 0.687. The Bertz CT molecular complexity index is 54.0. The Labute approximate surface area is 43.9 Å². The molecule has 1 N–H and O–H groups in total. The first-order valence-corrected chi connectivity index (χ1v) is 2.42. The highest BCUT2D eigenvalue weighted by Crippen LogP contribution is 1.68. The van der Waals surface area contributed by atoms with Gasteiger partial charge in [-0.3, -0.25) is 4.79 Å². The number of carbonyl (C=O) groups excluding carboxylic acids is 1. The fourth-order valence-electron chi connectivity index (χ4n) is 0.348. The Morgan fingerprint density at radius 1 is 1.86 bits per heavy atom. The molecule has 0 amide bonds. The topological polar surface area (TPSA) is 29.1 Å². The Kier molecular flexibility index (Phi) is 3.61. The van der Waals surface area contributed by atoms with Crippen LogP contribution in [-0.2, 0) is 4.79 Å². The van der Waals surface area contributed by atoms with Crippen molar-refractivity contribution in [2.45, 2.75) is 19.9 Å². The molecule has 0 spiro atoms. The predicted octanol–water partition coefficient (Wildman–Crippen LogP) is 0.0941. The van der Waals surface area contributed by atoms with E-state index in [1.807, 2.05) is 6.92 Å². The summed E-state index contributed by atoms with van der Waals surface area (Å²) in [6.45, 7) is 4.56. The quantitative estimate of drug-likeness (QED) is 0.544. The Morgan fingerprint density at radius 2 is 2.43 bits per heavy atom. The smallest absolute Gasteiger partial charge is 0.216 e. The van der Waals surface area contributed by atoms with E-state index in [-0.39, 0.29) is 6.04 Å². The van der Waals surface area contributed by atoms with E-state index in [2.05, 4.69) is 5.32 Å². The van der Waals surface area contributed by atoms with Crippen LogP contribution >= 0.6 is 0 Å². The maximum atomic E-state index is 9.71. The van der Waals surface area contributed by atoms with Crippen LogP contribution in [0.5, 0.6) is 0 Å². The fraction of sp³-hybridized carbons (Fsp3) is 0.800. The van der Waals surface area contributed by atoms with E-state index in [9.17, 15) is 4.79 Å². The van der Waals surface area contributed by atoms with Gasteiger partial charge in [0.2, 0.25) is 6.29 Å². The molecule has 0 heterocycles. The highest BCUT2D eigenvalue weighted by Gasteiger charge is 1.92. The number of nitrogens with one attached hydrogen (secondary N) is 1. The van der Waals surface area contributed by atoms with Gasteiger partial charge in [-0.15, -0.1) is 0 Å². The molecular weight excluding hydrogens is 90.1 g/mol. The van der Waals surface area contributed by atoms with Crippen molar-refractivity contribution in [1.82, 2.24) is 5.32 Å². The van der Waals surface area contributed by atoms with Crippen molar-refractivity contribution in [3.8, 4) is 0 Å². The molecule has 0 aliphatic carbocycles. The largest absolute Gasteiger partial charge is 0.308 e. The molecule has 0 aliphatic rings. The third-order valence-corrected chi connectivity index (χ3v) is 0.687. The SMILES string of the molecule is CCNC(C)[C]=O. The van der Waals surface area contributed by atoms with Gasteiger partial charge < -0.3 is 5.32 Å². The molecular formula is C5H10NO. The monoisotopic (exact) mass is 100 g/mol. The molecule has 0 rings (SSSR count). The van der Waals surface area contributed by atoms with Gasteiger partial charge in [0.1, 0.15) is 0 Å². The van der Waals surface area contributed by atoms with Crippen molar-refractivity contribution in [3.63, 3.8) is 0 Å². The minimum absolute atomic E-state index is 0.106. The minimum Gasteiger partial charge on any atom is -0.308 e. The number of hydrogen-bond donors (Lipinski definition) is 1. The van der Waals surface area contributed by atoms with Gasteiger partial charge in [0.25, 0.3) is 0 Å². The molecule has 2 nitrogen and oxygen atoms in total. The summed E-state index contributed by atoms with van der Waals surface area (Å²) in [5, 5.41) is 2.87. The zero-order chi connectivity index (χ0) is 5.70. The molecule has 0 aromatic heterocycles. The van der Waals surface area contributed by atoms with Crippen LogP contribution in [0.25, 0.3) is 0 Å². The maximum Gasteiger partial charge on any atom is 0.216 e. The molecule has 0 fully saturated rings. The molecule has 0 bridgehead atoms. The lowest BCUT2D eigenvalue weighted by Gasteiger charge is -1.98. The molecule has 7 heavy (non-hydrogen) atoms. The summed E-state index contributed by atoms with van der Waals surface area (Å²) in [7, 11) is 0. The van der Waals surface area contributed by atoms with E-state index in [1.54, 1.807) is 13.2 Å². The summed E-state index contributed by atoms with van der Waals surface area (Å²) in [6, 6.07) is -0.106. The molecule has 0 aromatic rings. The zero-order valence-electron chi connectivity index (χ0n) is 4.69. The number of likely N-dealkylation sites (N-methyl/N-ethyl adjacent to an activating group) is 1. The second-order valence-corrected chi connectivity index (χ2v) is 1.40. The van der Waals surface area contributed by atoms with E-state index in [1.165, 1.54) is 0 Å². The standard InChI is InChI=1S/C5H10NO/c1-3-6-5(2)4-7/h5-6H,3H2,1-2H3. The van der Waals surface area contributed by atoms with Crippen LogP contribution in [0.4, 0.5) is 0 Å². The van der Waals surface area contributed by atoms with Gasteiger partial charge in [-0.1, -0.05) is 6.92 Å². The van der Waals surface area contributed by atoms with E-state index < -0.39 is 0 Å². The van der Waals surface area contributed by atoms with E-state index in [0.717, 1.165) is 6.54 Å². The normalized spacial score (nSPS) is 13.4. The van der Waals surface area contributed by atoms with E-state index in [0.29, 0.717) is 0 Å². The van der Waals surface area contributed by atoms with Gasteiger partial charge >= 0.3 is 0 Å². The highest BCUT2D eigenvalue weighted by molar-refractivity contribution is 5.57. The molecule has 0 aromatic carbocycles. The lowest BCUT2D eigenvalue weighted by atomic mass is 10.4. The first kappa shape index (κ1) is 6.63. The Hall–Kier alpha value is -0.370. The average Bonchev–Trinajstić information content (AvgIpc) is 1.68. The zero-order valence-corrected chi connectivity index (χ0v) is 4.69. The lowest BCUT2D eigenvalue weighted by molar-refractivity contribution is 0.528. The second-order valence-electron chi connectivity index (χ2n) is 1.40. The van der Waals surface area contributed by atoms with Crippen LogP contribution in [0.1, 0.15) is 13.8 Å². The van der Waals surface area contributed by atoms with Crippen molar-refractivity contribution in [1.29, 1.82) is 0 Å². The van der Waals surface area contributed by atoms with E-state index in [4.69, 9.17) is 0 Å². The van der Waals surface area contributed by atoms with E-state index >= 15 is 0 Å². The van der Waals surface area contributed by atoms with Gasteiger partial charge in [-0.05, 0) is 13.5 Å². The summed E-state index contributed by atoms with van der Waals surface area (Å²) < 4.78 is 0. The number of rotatable bonds is 3. The van der Waals surface area contributed by atoms with Crippen molar-refractivity contribution < 1.29 is 4.79 Å². The van der Waals surface area contributed by atoms with Gasteiger partial charge in [-0.25, -0.2) is 0 Å². The van der Waals surface area contributed by atoms with Crippen molar-refractivity contribution in [2.75, 3.05) is 6.54 Å². The maximum absolute atomic E-state index is 9.71. The van der Waals surface area contributed by atoms with Gasteiger partial charge in [-0.2, -0.15) is 0 Å². The van der Waals surface area contributed by atoms with Crippen LogP contribution in [0.3, 0.4) is 0 Å². The van der Waals surface area contributed by atoms with Gasteiger partial charge in [0, 0.05) is 0 Å². The molecule has 0 saturated heterocycles.